The van der Waals surface area contributed by atoms with Gasteiger partial charge >= 0.3 is 0 Å². The van der Waals surface area contributed by atoms with Crippen molar-refractivity contribution >= 4 is 27.3 Å². The molecule has 21 heavy (non-hydrogen) atoms. The zero-order chi connectivity index (χ0) is 15.6. The lowest BCUT2D eigenvalue weighted by Gasteiger charge is -2.31. The number of hydrogen-bond donors (Lipinski definition) is 1. The van der Waals surface area contributed by atoms with Crippen LogP contribution in [0, 0.1) is 10.1 Å². The van der Waals surface area contributed by atoms with Crippen LogP contribution in [0.4, 0.5) is 5.69 Å². The van der Waals surface area contributed by atoms with Crippen LogP contribution in [0.2, 0.25) is 5.02 Å². The Kier molecular flexibility index (Phi) is 4.79. The minimum absolute atomic E-state index is 0.0569. The quantitative estimate of drug-likeness (QED) is 0.638. The standard InChI is InChI=1S/C11H13ClN2O6S/c12-8-1-2-11(10(5-8)14(16)17)21(18,19)13-3-4-20-9(6-13)7-15/h1-2,5,9,15H,3-4,6-7H2. The number of sulfonamides is 1. The molecule has 1 atom stereocenters. The molecule has 1 heterocycles. The minimum atomic E-state index is -4.06. The van der Waals surface area contributed by atoms with Crippen LogP contribution in [0.5, 0.6) is 0 Å². The van der Waals surface area contributed by atoms with Gasteiger partial charge in [0.2, 0.25) is 10.0 Å². The summed E-state index contributed by atoms with van der Waals surface area (Å²) in [4.78, 5) is 9.81. The number of nitro groups is 1. The van der Waals surface area contributed by atoms with Crippen molar-refractivity contribution in [2.75, 3.05) is 26.3 Å². The number of morpholine rings is 1. The molecular formula is C11H13ClN2O6S. The Bertz CT molecular complexity index is 650. The maximum Gasteiger partial charge on any atom is 0.290 e. The van der Waals surface area contributed by atoms with E-state index in [1.807, 2.05) is 0 Å². The third-order valence-corrected chi connectivity index (χ3v) is 5.19. The van der Waals surface area contributed by atoms with Crippen molar-refractivity contribution in [3.63, 3.8) is 0 Å². The van der Waals surface area contributed by atoms with Crippen molar-refractivity contribution in [3.8, 4) is 0 Å². The first-order valence-corrected chi connectivity index (χ1v) is 7.84. The van der Waals surface area contributed by atoms with E-state index in [4.69, 9.17) is 21.4 Å². The van der Waals surface area contributed by atoms with E-state index in [9.17, 15) is 18.5 Å². The SMILES string of the molecule is O=[N+]([O-])c1cc(Cl)ccc1S(=O)(=O)N1CCOC(CO)C1. The first-order chi connectivity index (χ1) is 9.86. The summed E-state index contributed by atoms with van der Waals surface area (Å²) in [7, 11) is -4.06. The molecule has 0 spiro atoms. The van der Waals surface area contributed by atoms with Gasteiger partial charge in [0.05, 0.1) is 24.2 Å². The number of aliphatic hydroxyl groups is 1. The number of rotatable bonds is 4. The highest BCUT2D eigenvalue weighted by Gasteiger charge is 2.35. The number of aliphatic hydroxyl groups excluding tert-OH is 1. The molecule has 1 unspecified atom stereocenters. The van der Waals surface area contributed by atoms with Crippen LogP contribution < -0.4 is 0 Å². The second kappa shape index (κ2) is 6.24. The van der Waals surface area contributed by atoms with Crippen molar-refractivity contribution in [3.05, 3.63) is 33.3 Å². The third kappa shape index (κ3) is 3.33. The molecular weight excluding hydrogens is 324 g/mol. The molecule has 0 bridgehead atoms. The predicted octanol–water partition coefficient (Wildman–Crippen LogP) is 0.630. The van der Waals surface area contributed by atoms with Gasteiger partial charge in [-0.1, -0.05) is 11.6 Å². The van der Waals surface area contributed by atoms with Gasteiger partial charge in [0.15, 0.2) is 4.90 Å². The van der Waals surface area contributed by atoms with Gasteiger partial charge < -0.3 is 9.84 Å². The van der Waals surface area contributed by atoms with Crippen molar-refractivity contribution in [2.45, 2.75) is 11.0 Å². The molecule has 1 aromatic carbocycles. The van der Waals surface area contributed by atoms with Crippen molar-refractivity contribution in [1.82, 2.24) is 4.31 Å². The van der Waals surface area contributed by atoms with Gasteiger partial charge in [-0.25, -0.2) is 8.42 Å². The molecule has 1 saturated heterocycles. The summed E-state index contributed by atoms with van der Waals surface area (Å²) in [6.45, 7) is -0.197. The maximum absolute atomic E-state index is 12.5. The number of benzene rings is 1. The fourth-order valence-electron chi connectivity index (χ4n) is 2.01. The Hall–Kier alpha value is -1.26. The molecule has 0 aliphatic carbocycles. The number of ether oxygens (including phenoxy) is 1. The highest BCUT2D eigenvalue weighted by Crippen LogP contribution is 2.30. The first-order valence-electron chi connectivity index (χ1n) is 6.03. The largest absolute Gasteiger partial charge is 0.394 e. The number of nitrogens with zero attached hydrogens (tertiary/aromatic N) is 2. The van der Waals surface area contributed by atoms with E-state index in [-0.39, 0.29) is 31.3 Å². The van der Waals surface area contributed by atoms with Crippen LogP contribution in [0.25, 0.3) is 0 Å². The highest BCUT2D eigenvalue weighted by molar-refractivity contribution is 7.89. The molecule has 0 radical (unpaired) electrons. The van der Waals surface area contributed by atoms with Crippen LogP contribution in [0.1, 0.15) is 0 Å². The summed E-state index contributed by atoms with van der Waals surface area (Å²) < 4.78 is 31.3. The Labute approximate surface area is 126 Å². The van der Waals surface area contributed by atoms with Crippen LogP contribution in [0.15, 0.2) is 23.1 Å². The Balaban J connectivity index is 2.42. The van der Waals surface area contributed by atoms with E-state index in [0.717, 1.165) is 16.4 Å². The summed E-state index contributed by atoms with van der Waals surface area (Å²) >= 11 is 5.68. The number of nitro benzene ring substituents is 1. The molecule has 8 nitrogen and oxygen atoms in total. The Morgan fingerprint density at radius 1 is 1.52 bits per heavy atom. The average Bonchev–Trinajstić information content (AvgIpc) is 2.46. The monoisotopic (exact) mass is 336 g/mol. The minimum Gasteiger partial charge on any atom is -0.394 e. The van der Waals surface area contributed by atoms with E-state index in [2.05, 4.69) is 0 Å². The number of hydrogen-bond acceptors (Lipinski definition) is 6. The summed E-state index contributed by atoms with van der Waals surface area (Å²) in [5.74, 6) is 0. The van der Waals surface area contributed by atoms with Crippen LogP contribution in [-0.2, 0) is 14.8 Å². The molecule has 10 heteroatoms. The van der Waals surface area contributed by atoms with E-state index in [1.54, 1.807) is 0 Å². The molecule has 0 aromatic heterocycles. The molecule has 0 amide bonds. The predicted molar refractivity (Wildman–Crippen MR) is 73.7 cm³/mol. The van der Waals surface area contributed by atoms with Crippen molar-refractivity contribution in [1.29, 1.82) is 0 Å². The zero-order valence-electron chi connectivity index (χ0n) is 10.8. The fourth-order valence-corrected chi connectivity index (χ4v) is 3.77. The molecule has 1 aliphatic rings. The molecule has 2 rings (SSSR count). The van der Waals surface area contributed by atoms with Gasteiger partial charge in [-0.15, -0.1) is 0 Å². The van der Waals surface area contributed by atoms with Gasteiger partial charge in [-0.05, 0) is 12.1 Å². The molecule has 1 aromatic rings. The third-order valence-electron chi connectivity index (χ3n) is 3.04. The lowest BCUT2D eigenvalue weighted by Crippen LogP contribution is -2.46. The van der Waals surface area contributed by atoms with Gasteiger partial charge in [-0.3, -0.25) is 10.1 Å². The first kappa shape index (κ1) is 16.1. The van der Waals surface area contributed by atoms with Gasteiger partial charge in [0.25, 0.3) is 5.69 Å². The molecule has 0 saturated carbocycles. The molecule has 1 N–H and O–H groups in total. The van der Waals surface area contributed by atoms with Crippen LogP contribution in [-0.4, -0.2) is 55.2 Å². The van der Waals surface area contributed by atoms with Crippen LogP contribution >= 0.6 is 11.6 Å². The Morgan fingerprint density at radius 3 is 2.86 bits per heavy atom. The van der Waals surface area contributed by atoms with Crippen molar-refractivity contribution in [2.24, 2.45) is 0 Å². The summed E-state index contributed by atoms with van der Waals surface area (Å²) in [6.07, 6.45) is -0.639. The van der Waals surface area contributed by atoms with E-state index in [1.165, 1.54) is 6.07 Å². The van der Waals surface area contributed by atoms with Gasteiger partial charge in [0, 0.05) is 24.2 Å². The van der Waals surface area contributed by atoms with Gasteiger partial charge in [-0.2, -0.15) is 4.31 Å². The summed E-state index contributed by atoms with van der Waals surface area (Å²) in [5, 5.41) is 20.2. The summed E-state index contributed by atoms with van der Waals surface area (Å²) in [6, 6.07) is 3.39. The lowest BCUT2D eigenvalue weighted by molar-refractivity contribution is -0.387. The summed E-state index contributed by atoms with van der Waals surface area (Å²) in [5.41, 5.74) is -0.574. The van der Waals surface area contributed by atoms with Gasteiger partial charge in [0.1, 0.15) is 0 Å². The van der Waals surface area contributed by atoms with E-state index >= 15 is 0 Å². The molecule has 1 fully saturated rings. The smallest absolute Gasteiger partial charge is 0.290 e. The molecule has 116 valence electrons. The number of halogens is 1. The Morgan fingerprint density at radius 2 is 2.24 bits per heavy atom. The second-order valence-corrected chi connectivity index (χ2v) is 6.75. The second-order valence-electron chi connectivity index (χ2n) is 4.41. The maximum atomic E-state index is 12.5. The topological polar surface area (TPSA) is 110 Å². The van der Waals surface area contributed by atoms with E-state index in [0.29, 0.717) is 0 Å². The zero-order valence-corrected chi connectivity index (χ0v) is 12.4. The highest BCUT2D eigenvalue weighted by atomic mass is 35.5. The fraction of sp³-hybridized carbons (Fsp3) is 0.455. The van der Waals surface area contributed by atoms with Crippen LogP contribution in [0.3, 0.4) is 0 Å². The van der Waals surface area contributed by atoms with E-state index < -0.39 is 31.6 Å². The van der Waals surface area contributed by atoms with Crippen molar-refractivity contribution < 1.29 is 23.2 Å². The molecule has 1 aliphatic heterocycles. The lowest BCUT2D eigenvalue weighted by atomic mass is 10.3. The normalized spacial score (nSPS) is 20.4. The average molecular weight is 337 g/mol.